The molecule has 0 aliphatic heterocycles. The van der Waals surface area contributed by atoms with Crippen LogP contribution < -0.4 is 5.32 Å². The number of nitrogens with zero attached hydrogens (tertiary/aromatic N) is 2. The van der Waals surface area contributed by atoms with Gasteiger partial charge in [-0.2, -0.15) is 0 Å². The Bertz CT molecular complexity index is 283. The Labute approximate surface area is 92.2 Å². The minimum atomic E-state index is 0.293. The van der Waals surface area contributed by atoms with Crippen LogP contribution in [0.3, 0.4) is 0 Å². The van der Waals surface area contributed by atoms with E-state index in [9.17, 15) is 0 Å². The summed E-state index contributed by atoms with van der Waals surface area (Å²) in [7, 11) is 1.69. The van der Waals surface area contributed by atoms with E-state index in [-0.39, 0.29) is 0 Å². The average molecular weight is 260 g/mol. The van der Waals surface area contributed by atoms with E-state index in [2.05, 4.69) is 38.1 Å². The highest BCUT2D eigenvalue weighted by Gasteiger charge is 2.06. The zero-order chi connectivity index (χ0) is 10.4. The molecule has 0 saturated heterocycles. The third kappa shape index (κ3) is 3.59. The molecule has 1 rings (SSSR count). The lowest BCUT2D eigenvalue weighted by atomic mass is 10.2. The van der Waals surface area contributed by atoms with Crippen molar-refractivity contribution >= 4 is 21.7 Å². The summed E-state index contributed by atoms with van der Waals surface area (Å²) in [6.45, 7) is 2.78. The van der Waals surface area contributed by atoms with Crippen molar-refractivity contribution in [2.24, 2.45) is 0 Å². The van der Waals surface area contributed by atoms with Gasteiger partial charge in [0.25, 0.3) is 0 Å². The van der Waals surface area contributed by atoms with E-state index in [1.807, 2.05) is 6.07 Å². The zero-order valence-corrected chi connectivity index (χ0v) is 9.91. The average Bonchev–Trinajstić information content (AvgIpc) is 2.17. The second-order valence-electron chi connectivity index (χ2n) is 2.93. The lowest BCUT2D eigenvalue weighted by molar-refractivity contribution is 0.184. The molecule has 0 aromatic carbocycles. The van der Waals surface area contributed by atoms with Gasteiger partial charge in [0, 0.05) is 13.2 Å². The van der Waals surface area contributed by atoms with E-state index in [0.29, 0.717) is 12.6 Å². The number of rotatable bonds is 5. The van der Waals surface area contributed by atoms with Gasteiger partial charge in [-0.15, -0.1) is 0 Å². The second kappa shape index (κ2) is 5.93. The van der Waals surface area contributed by atoms with Crippen LogP contribution in [-0.2, 0) is 4.74 Å². The van der Waals surface area contributed by atoms with Crippen molar-refractivity contribution in [2.45, 2.75) is 19.4 Å². The fourth-order valence-electron chi connectivity index (χ4n) is 1.08. The molecule has 0 aliphatic rings. The van der Waals surface area contributed by atoms with Gasteiger partial charge in [0.05, 0.1) is 12.6 Å². The number of anilines is 1. The molecule has 0 spiro atoms. The normalized spacial score (nSPS) is 12.5. The molecular weight excluding hydrogens is 246 g/mol. The third-order valence-electron chi connectivity index (χ3n) is 1.85. The second-order valence-corrected chi connectivity index (χ2v) is 3.74. The standard InChI is InChI=1S/C9H14BrN3O/c1-3-7(5-14-2)13-9-4-8(10)11-6-12-9/h4,6-7H,3,5H2,1-2H3,(H,11,12,13). The van der Waals surface area contributed by atoms with Gasteiger partial charge in [-0.3, -0.25) is 0 Å². The summed E-state index contributed by atoms with van der Waals surface area (Å²) in [5.74, 6) is 0.816. The lowest BCUT2D eigenvalue weighted by Crippen LogP contribution is -2.24. The molecule has 0 radical (unpaired) electrons. The van der Waals surface area contributed by atoms with Crippen LogP contribution in [0.4, 0.5) is 5.82 Å². The maximum atomic E-state index is 5.08. The van der Waals surface area contributed by atoms with Crippen LogP contribution in [-0.4, -0.2) is 29.7 Å². The number of hydrogen-bond donors (Lipinski definition) is 1. The van der Waals surface area contributed by atoms with Gasteiger partial charge in [-0.1, -0.05) is 6.92 Å². The Kier molecular flexibility index (Phi) is 4.82. The maximum absolute atomic E-state index is 5.08. The van der Waals surface area contributed by atoms with E-state index in [1.54, 1.807) is 7.11 Å². The molecule has 5 heteroatoms. The molecule has 1 heterocycles. The van der Waals surface area contributed by atoms with Gasteiger partial charge < -0.3 is 10.1 Å². The van der Waals surface area contributed by atoms with Crippen LogP contribution in [0.1, 0.15) is 13.3 Å². The zero-order valence-electron chi connectivity index (χ0n) is 8.33. The Morgan fingerprint density at radius 3 is 2.93 bits per heavy atom. The summed E-state index contributed by atoms with van der Waals surface area (Å²) in [5, 5.41) is 3.26. The van der Waals surface area contributed by atoms with Crippen LogP contribution in [0.2, 0.25) is 0 Å². The lowest BCUT2D eigenvalue weighted by Gasteiger charge is -2.16. The molecule has 0 amide bonds. The largest absolute Gasteiger partial charge is 0.383 e. The molecule has 1 N–H and O–H groups in total. The quantitative estimate of drug-likeness (QED) is 0.823. The Morgan fingerprint density at radius 1 is 1.57 bits per heavy atom. The Balaban J connectivity index is 2.57. The molecule has 1 atom stereocenters. The van der Waals surface area contributed by atoms with Crippen molar-refractivity contribution in [1.29, 1.82) is 0 Å². The van der Waals surface area contributed by atoms with Crippen molar-refractivity contribution in [3.05, 3.63) is 17.0 Å². The summed E-state index contributed by atoms with van der Waals surface area (Å²) in [5.41, 5.74) is 0. The van der Waals surface area contributed by atoms with Crippen molar-refractivity contribution in [3.8, 4) is 0 Å². The third-order valence-corrected chi connectivity index (χ3v) is 2.28. The number of ether oxygens (including phenoxy) is 1. The van der Waals surface area contributed by atoms with E-state index >= 15 is 0 Å². The number of aromatic nitrogens is 2. The molecule has 78 valence electrons. The van der Waals surface area contributed by atoms with Gasteiger partial charge in [-0.25, -0.2) is 9.97 Å². The molecule has 1 unspecified atom stereocenters. The topological polar surface area (TPSA) is 47.0 Å². The Morgan fingerprint density at radius 2 is 2.36 bits per heavy atom. The molecular formula is C9H14BrN3O. The van der Waals surface area contributed by atoms with Crippen molar-refractivity contribution < 1.29 is 4.74 Å². The van der Waals surface area contributed by atoms with Gasteiger partial charge in [-0.05, 0) is 22.4 Å². The fourth-order valence-corrected chi connectivity index (χ4v) is 1.39. The minimum Gasteiger partial charge on any atom is -0.383 e. The van der Waals surface area contributed by atoms with E-state index in [4.69, 9.17) is 4.74 Å². The summed E-state index contributed by atoms with van der Waals surface area (Å²) < 4.78 is 5.86. The number of halogens is 1. The summed E-state index contributed by atoms with van der Waals surface area (Å²) in [6.07, 6.45) is 2.52. The van der Waals surface area contributed by atoms with Gasteiger partial charge >= 0.3 is 0 Å². The van der Waals surface area contributed by atoms with E-state index in [1.165, 1.54) is 6.33 Å². The summed E-state index contributed by atoms with van der Waals surface area (Å²) >= 11 is 3.29. The first-order valence-electron chi connectivity index (χ1n) is 4.49. The van der Waals surface area contributed by atoms with Gasteiger partial charge in [0.2, 0.25) is 0 Å². The van der Waals surface area contributed by atoms with Crippen LogP contribution in [0.15, 0.2) is 17.0 Å². The summed E-state index contributed by atoms with van der Waals surface area (Å²) in [4.78, 5) is 8.06. The molecule has 4 nitrogen and oxygen atoms in total. The maximum Gasteiger partial charge on any atom is 0.130 e. The monoisotopic (exact) mass is 259 g/mol. The summed E-state index contributed by atoms with van der Waals surface area (Å²) in [6, 6.07) is 2.14. The number of methoxy groups -OCH3 is 1. The SMILES string of the molecule is CCC(COC)Nc1cc(Br)ncn1. The van der Waals surface area contributed by atoms with Crippen LogP contribution in [0.25, 0.3) is 0 Å². The molecule has 1 aromatic rings. The van der Waals surface area contributed by atoms with Crippen LogP contribution >= 0.6 is 15.9 Å². The van der Waals surface area contributed by atoms with Gasteiger partial charge in [0.1, 0.15) is 16.7 Å². The first-order valence-corrected chi connectivity index (χ1v) is 5.28. The highest BCUT2D eigenvalue weighted by atomic mass is 79.9. The highest BCUT2D eigenvalue weighted by Crippen LogP contribution is 2.11. The van der Waals surface area contributed by atoms with E-state index in [0.717, 1.165) is 16.8 Å². The van der Waals surface area contributed by atoms with Crippen molar-refractivity contribution in [3.63, 3.8) is 0 Å². The number of hydrogen-bond acceptors (Lipinski definition) is 4. The highest BCUT2D eigenvalue weighted by molar-refractivity contribution is 9.10. The molecule has 1 aromatic heterocycles. The van der Waals surface area contributed by atoms with Crippen LogP contribution in [0, 0.1) is 0 Å². The molecule has 0 saturated carbocycles. The molecule has 0 aliphatic carbocycles. The van der Waals surface area contributed by atoms with Gasteiger partial charge in [0.15, 0.2) is 0 Å². The first kappa shape index (κ1) is 11.4. The fraction of sp³-hybridized carbons (Fsp3) is 0.556. The smallest absolute Gasteiger partial charge is 0.130 e. The number of nitrogens with one attached hydrogen (secondary N) is 1. The molecule has 0 bridgehead atoms. The van der Waals surface area contributed by atoms with Crippen molar-refractivity contribution in [2.75, 3.05) is 19.0 Å². The Hall–Kier alpha value is -0.680. The minimum absolute atomic E-state index is 0.293. The van der Waals surface area contributed by atoms with Crippen LogP contribution in [0.5, 0.6) is 0 Å². The molecule has 14 heavy (non-hydrogen) atoms. The molecule has 0 fully saturated rings. The van der Waals surface area contributed by atoms with E-state index < -0.39 is 0 Å². The predicted octanol–water partition coefficient (Wildman–Crippen LogP) is 2.08. The first-order chi connectivity index (χ1) is 6.76. The predicted molar refractivity (Wildman–Crippen MR) is 59.3 cm³/mol. The van der Waals surface area contributed by atoms with Crippen molar-refractivity contribution in [1.82, 2.24) is 9.97 Å².